The maximum Gasteiger partial charge on any atom is 0.161 e. The second kappa shape index (κ2) is 6.50. The first kappa shape index (κ1) is 13.8. The molecule has 0 radical (unpaired) electrons. The lowest BCUT2D eigenvalue weighted by atomic mass is 10.2. The Kier molecular flexibility index (Phi) is 4.71. The molecule has 5 heteroatoms. The van der Waals surface area contributed by atoms with E-state index in [4.69, 9.17) is 16.3 Å². The van der Waals surface area contributed by atoms with Gasteiger partial charge in [0.25, 0.3) is 0 Å². The average molecular weight is 278 g/mol. The highest BCUT2D eigenvalue weighted by molar-refractivity contribution is 6.30. The summed E-state index contributed by atoms with van der Waals surface area (Å²) in [6, 6.07) is 9.39. The van der Waals surface area contributed by atoms with Crippen LogP contribution < -0.4 is 5.32 Å². The van der Waals surface area contributed by atoms with Gasteiger partial charge in [0.2, 0.25) is 0 Å². The molecule has 1 N–H and O–H groups in total. The van der Waals surface area contributed by atoms with Crippen molar-refractivity contribution >= 4 is 17.4 Å². The third kappa shape index (κ3) is 3.66. The minimum atomic E-state index is 0.453. The van der Waals surface area contributed by atoms with Crippen LogP contribution in [0, 0.1) is 0 Å². The molecule has 0 aliphatic rings. The third-order valence-corrected chi connectivity index (χ3v) is 2.75. The number of ether oxygens (including phenoxy) is 1. The summed E-state index contributed by atoms with van der Waals surface area (Å²) in [6.07, 6.45) is 0. The number of rotatable bonds is 5. The van der Waals surface area contributed by atoms with Crippen LogP contribution in [-0.2, 0) is 11.3 Å². The molecule has 0 aliphatic carbocycles. The number of hydrogen-bond donors (Lipinski definition) is 1. The van der Waals surface area contributed by atoms with Crippen molar-refractivity contribution in [3.8, 4) is 11.4 Å². The molecule has 0 spiro atoms. The number of nitrogens with one attached hydrogen (secondary N) is 1. The van der Waals surface area contributed by atoms with Gasteiger partial charge in [-0.1, -0.05) is 23.7 Å². The van der Waals surface area contributed by atoms with Crippen molar-refractivity contribution in [2.75, 3.05) is 19.0 Å². The molecule has 2 aromatic rings. The van der Waals surface area contributed by atoms with Gasteiger partial charge >= 0.3 is 0 Å². The second-order valence-electron chi connectivity index (χ2n) is 4.04. The Bertz CT molecular complexity index is 536. The van der Waals surface area contributed by atoms with E-state index in [0.29, 0.717) is 17.5 Å². The molecule has 4 nitrogen and oxygen atoms in total. The van der Waals surface area contributed by atoms with E-state index in [9.17, 15) is 0 Å². The Morgan fingerprint density at radius 3 is 2.79 bits per heavy atom. The molecule has 1 aromatic carbocycles. The molecule has 0 unspecified atom stereocenters. The fourth-order valence-corrected chi connectivity index (χ4v) is 1.94. The van der Waals surface area contributed by atoms with Gasteiger partial charge in [-0.05, 0) is 19.1 Å². The van der Waals surface area contributed by atoms with Crippen molar-refractivity contribution in [2.24, 2.45) is 0 Å². The molecule has 0 saturated carbocycles. The standard InChI is InChI=1S/C14H16ClN3O/c1-3-16-13-8-12(9-19-2)17-14(18-13)10-5-4-6-11(15)7-10/h4-8H,3,9H2,1-2H3,(H,16,17,18). The lowest BCUT2D eigenvalue weighted by Gasteiger charge is -2.08. The van der Waals surface area contributed by atoms with Crippen molar-refractivity contribution in [2.45, 2.75) is 13.5 Å². The van der Waals surface area contributed by atoms with Crippen LogP contribution >= 0.6 is 11.6 Å². The molecule has 1 heterocycles. The maximum absolute atomic E-state index is 6.00. The molecule has 19 heavy (non-hydrogen) atoms. The minimum absolute atomic E-state index is 0.453. The maximum atomic E-state index is 6.00. The molecule has 0 aliphatic heterocycles. The molecule has 0 amide bonds. The van der Waals surface area contributed by atoms with Gasteiger partial charge in [-0.3, -0.25) is 0 Å². The van der Waals surface area contributed by atoms with E-state index in [1.807, 2.05) is 37.3 Å². The number of aromatic nitrogens is 2. The minimum Gasteiger partial charge on any atom is -0.378 e. The number of nitrogens with zero attached hydrogens (tertiary/aromatic N) is 2. The molecular weight excluding hydrogens is 262 g/mol. The zero-order valence-electron chi connectivity index (χ0n) is 11.0. The summed E-state index contributed by atoms with van der Waals surface area (Å²) in [7, 11) is 1.65. The number of benzene rings is 1. The Morgan fingerprint density at radius 2 is 2.11 bits per heavy atom. The van der Waals surface area contributed by atoms with Crippen molar-refractivity contribution in [1.29, 1.82) is 0 Å². The predicted molar refractivity (Wildman–Crippen MR) is 77.4 cm³/mol. The highest BCUT2D eigenvalue weighted by Crippen LogP contribution is 2.21. The molecule has 1 aromatic heterocycles. The van der Waals surface area contributed by atoms with Crippen LogP contribution in [0.25, 0.3) is 11.4 Å². The van der Waals surface area contributed by atoms with Crippen LogP contribution in [0.4, 0.5) is 5.82 Å². The van der Waals surface area contributed by atoms with E-state index in [2.05, 4.69) is 15.3 Å². The lowest BCUT2D eigenvalue weighted by Crippen LogP contribution is -2.04. The van der Waals surface area contributed by atoms with E-state index in [1.165, 1.54) is 0 Å². The second-order valence-corrected chi connectivity index (χ2v) is 4.48. The monoisotopic (exact) mass is 277 g/mol. The zero-order chi connectivity index (χ0) is 13.7. The highest BCUT2D eigenvalue weighted by atomic mass is 35.5. The van der Waals surface area contributed by atoms with Crippen molar-refractivity contribution in [3.05, 3.63) is 41.0 Å². The van der Waals surface area contributed by atoms with E-state index in [0.717, 1.165) is 23.6 Å². The fraction of sp³-hybridized carbons (Fsp3) is 0.286. The van der Waals surface area contributed by atoms with E-state index < -0.39 is 0 Å². The molecule has 100 valence electrons. The van der Waals surface area contributed by atoms with Gasteiger partial charge < -0.3 is 10.1 Å². The van der Waals surface area contributed by atoms with Crippen molar-refractivity contribution in [1.82, 2.24) is 9.97 Å². The number of methoxy groups -OCH3 is 1. The SMILES string of the molecule is CCNc1cc(COC)nc(-c2cccc(Cl)c2)n1. The van der Waals surface area contributed by atoms with Crippen molar-refractivity contribution < 1.29 is 4.74 Å². The summed E-state index contributed by atoms with van der Waals surface area (Å²) in [5, 5.41) is 3.86. The molecule has 0 fully saturated rings. The van der Waals surface area contributed by atoms with Gasteiger partial charge in [0, 0.05) is 30.3 Å². The van der Waals surface area contributed by atoms with Crippen LogP contribution in [0.1, 0.15) is 12.6 Å². The van der Waals surface area contributed by atoms with Crippen LogP contribution in [-0.4, -0.2) is 23.6 Å². The van der Waals surface area contributed by atoms with Gasteiger partial charge in [-0.25, -0.2) is 9.97 Å². The Morgan fingerprint density at radius 1 is 1.26 bits per heavy atom. The Balaban J connectivity index is 2.43. The highest BCUT2D eigenvalue weighted by Gasteiger charge is 2.07. The van der Waals surface area contributed by atoms with E-state index in [-0.39, 0.29) is 0 Å². The van der Waals surface area contributed by atoms with Gasteiger partial charge in [0.05, 0.1) is 12.3 Å². The Labute approximate surface area is 117 Å². The van der Waals surface area contributed by atoms with Gasteiger partial charge in [-0.15, -0.1) is 0 Å². The van der Waals surface area contributed by atoms with Gasteiger partial charge in [0.1, 0.15) is 5.82 Å². The molecule has 0 bridgehead atoms. The van der Waals surface area contributed by atoms with Crippen molar-refractivity contribution in [3.63, 3.8) is 0 Å². The topological polar surface area (TPSA) is 47.0 Å². The normalized spacial score (nSPS) is 10.5. The predicted octanol–water partition coefficient (Wildman–Crippen LogP) is 3.38. The summed E-state index contributed by atoms with van der Waals surface area (Å²) in [5.41, 5.74) is 1.73. The third-order valence-electron chi connectivity index (χ3n) is 2.51. The number of halogens is 1. The number of hydrogen-bond acceptors (Lipinski definition) is 4. The summed E-state index contributed by atoms with van der Waals surface area (Å²) in [5.74, 6) is 1.44. The first-order valence-corrected chi connectivity index (χ1v) is 6.47. The molecule has 0 saturated heterocycles. The summed E-state index contributed by atoms with van der Waals surface area (Å²) < 4.78 is 5.13. The van der Waals surface area contributed by atoms with Crippen LogP contribution in [0.2, 0.25) is 5.02 Å². The average Bonchev–Trinajstić information content (AvgIpc) is 2.39. The summed E-state index contributed by atoms with van der Waals surface area (Å²) in [4.78, 5) is 8.96. The smallest absolute Gasteiger partial charge is 0.161 e. The zero-order valence-corrected chi connectivity index (χ0v) is 11.7. The first-order chi connectivity index (χ1) is 9.22. The Hall–Kier alpha value is -1.65. The van der Waals surface area contributed by atoms with E-state index >= 15 is 0 Å². The fourth-order valence-electron chi connectivity index (χ4n) is 1.75. The molecule has 0 atom stereocenters. The number of anilines is 1. The largest absolute Gasteiger partial charge is 0.378 e. The molecule has 2 rings (SSSR count). The molecular formula is C14H16ClN3O. The quantitative estimate of drug-likeness (QED) is 0.910. The summed E-state index contributed by atoms with van der Waals surface area (Å²) in [6.45, 7) is 3.28. The van der Waals surface area contributed by atoms with Crippen LogP contribution in [0.3, 0.4) is 0 Å². The van der Waals surface area contributed by atoms with Gasteiger partial charge in [0.15, 0.2) is 5.82 Å². The van der Waals surface area contributed by atoms with E-state index in [1.54, 1.807) is 7.11 Å². The first-order valence-electron chi connectivity index (χ1n) is 6.09. The van der Waals surface area contributed by atoms with Gasteiger partial charge in [-0.2, -0.15) is 0 Å². The van der Waals surface area contributed by atoms with Crippen LogP contribution in [0.5, 0.6) is 0 Å². The summed E-state index contributed by atoms with van der Waals surface area (Å²) >= 11 is 6.00. The lowest BCUT2D eigenvalue weighted by molar-refractivity contribution is 0.181. The van der Waals surface area contributed by atoms with Crippen LogP contribution in [0.15, 0.2) is 30.3 Å².